The summed E-state index contributed by atoms with van der Waals surface area (Å²) in [6.45, 7) is 4.67. The second-order valence-electron chi connectivity index (χ2n) is 10.3. The summed E-state index contributed by atoms with van der Waals surface area (Å²) in [5, 5.41) is 14.4. The van der Waals surface area contributed by atoms with E-state index in [0.29, 0.717) is 23.5 Å². The monoisotopic (exact) mass is 380 g/mol. The Morgan fingerprint density at radius 2 is 1.96 bits per heavy atom. The van der Waals surface area contributed by atoms with Gasteiger partial charge in [0.1, 0.15) is 0 Å². The maximum Gasteiger partial charge on any atom is 0.165 e. The van der Waals surface area contributed by atoms with E-state index in [0.717, 1.165) is 56.1 Å². The van der Waals surface area contributed by atoms with Gasteiger partial charge in [-0.15, -0.1) is 0 Å². The van der Waals surface area contributed by atoms with Crippen LogP contribution in [0.2, 0.25) is 0 Å². The van der Waals surface area contributed by atoms with Crippen molar-refractivity contribution >= 4 is 11.9 Å². The molecule has 1 heterocycles. The van der Waals surface area contributed by atoms with E-state index >= 15 is 0 Å². The van der Waals surface area contributed by atoms with Crippen LogP contribution in [0.1, 0.15) is 64.4 Å². The number of carbonyl (C=O) groups excluding carboxylic acids is 1. The lowest BCUT2D eigenvalue weighted by Crippen LogP contribution is -2.50. The molecule has 0 bridgehead atoms. The summed E-state index contributed by atoms with van der Waals surface area (Å²) in [5.41, 5.74) is 3.54. The molecule has 1 aromatic rings. The maximum absolute atomic E-state index is 13.4. The lowest BCUT2D eigenvalue weighted by atomic mass is 9.48. The average Bonchev–Trinajstić information content (AvgIpc) is 3.18. The zero-order valence-electron chi connectivity index (χ0n) is 17.3. The van der Waals surface area contributed by atoms with Crippen molar-refractivity contribution in [2.45, 2.75) is 64.9 Å². The van der Waals surface area contributed by atoms with Crippen molar-refractivity contribution < 1.29 is 9.90 Å². The van der Waals surface area contributed by atoms with E-state index < -0.39 is 0 Å². The van der Waals surface area contributed by atoms with Gasteiger partial charge in [-0.05, 0) is 79.8 Å². The van der Waals surface area contributed by atoms with Crippen molar-refractivity contribution in [3.05, 3.63) is 35.2 Å². The van der Waals surface area contributed by atoms with Crippen LogP contribution in [0.4, 0.5) is 0 Å². The third-order valence-corrected chi connectivity index (χ3v) is 8.78. The van der Waals surface area contributed by atoms with E-state index in [9.17, 15) is 9.90 Å². The lowest BCUT2D eigenvalue weighted by Gasteiger charge is -2.56. The van der Waals surface area contributed by atoms with Crippen molar-refractivity contribution in [3.8, 4) is 0 Å². The number of aryl methyl sites for hydroxylation is 1. The predicted octanol–water partition coefficient (Wildman–Crippen LogP) is 4.31. The van der Waals surface area contributed by atoms with Crippen molar-refractivity contribution in [3.63, 3.8) is 0 Å². The minimum Gasteiger partial charge on any atom is -0.393 e. The van der Waals surface area contributed by atoms with Crippen molar-refractivity contribution in [1.82, 2.24) is 9.78 Å². The van der Waals surface area contributed by atoms with Crippen molar-refractivity contribution in [2.24, 2.45) is 35.6 Å². The third-order valence-electron chi connectivity index (χ3n) is 8.78. The Morgan fingerprint density at radius 1 is 1.18 bits per heavy atom. The number of hydrogen-bond donors (Lipinski definition) is 1. The number of aromatic nitrogens is 2. The van der Waals surface area contributed by atoms with Gasteiger partial charge < -0.3 is 5.11 Å². The minimum absolute atomic E-state index is 0.160. The molecule has 0 aliphatic heterocycles. The SMILES string of the molecule is Cn1cc(/C=C2\CC3C4CC=C5CC(O)CCC5(C)C4CCC3(C)C2=O)cn1. The van der Waals surface area contributed by atoms with Gasteiger partial charge in [0.2, 0.25) is 0 Å². The molecule has 3 saturated carbocycles. The first-order valence-corrected chi connectivity index (χ1v) is 10.9. The van der Waals surface area contributed by atoms with Crippen LogP contribution in [0.5, 0.6) is 0 Å². The average molecular weight is 381 g/mol. The Bertz CT molecular complexity index is 881. The number of aliphatic hydroxyl groups is 1. The normalized spacial score (nSPS) is 44.1. The highest BCUT2D eigenvalue weighted by Gasteiger charge is 2.59. The van der Waals surface area contributed by atoms with Crippen LogP contribution in [-0.4, -0.2) is 26.8 Å². The van der Waals surface area contributed by atoms with E-state index in [1.165, 1.54) is 5.57 Å². The van der Waals surface area contributed by atoms with Crippen LogP contribution in [0.25, 0.3) is 6.08 Å². The number of Topliss-reactive ketones (excluding diaryl/α,β-unsaturated/α-hetero) is 1. The van der Waals surface area contributed by atoms with Crippen molar-refractivity contribution in [1.29, 1.82) is 0 Å². The summed E-state index contributed by atoms with van der Waals surface area (Å²) in [7, 11) is 1.91. The highest BCUT2D eigenvalue weighted by atomic mass is 16.3. The largest absolute Gasteiger partial charge is 0.393 e. The summed E-state index contributed by atoms with van der Waals surface area (Å²) in [4.78, 5) is 13.4. The highest BCUT2D eigenvalue weighted by molar-refractivity contribution is 6.05. The van der Waals surface area contributed by atoms with Crippen LogP contribution in [0.3, 0.4) is 0 Å². The molecular weight excluding hydrogens is 348 g/mol. The van der Waals surface area contributed by atoms with Gasteiger partial charge in [0.25, 0.3) is 0 Å². The van der Waals surface area contributed by atoms with Gasteiger partial charge >= 0.3 is 0 Å². The molecule has 4 heteroatoms. The first kappa shape index (κ1) is 18.4. The fraction of sp³-hybridized carbons (Fsp3) is 0.667. The molecule has 4 aliphatic carbocycles. The number of hydrogen-bond acceptors (Lipinski definition) is 3. The van der Waals surface area contributed by atoms with E-state index in [1.54, 1.807) is 4.68 Å². The van der Waals surface area contributed by atoms with Gasteiger partial charge in [0.15, 0.2) is 5.78 Å². The second-order valence-corrected chi connectivity index (χ2v) is 10.3. The Balaban J connectivity index is 1.48. The number of aliphatic hydroxyl groups excluding tert-OH is 1. The summed E-state index contributed by atoms with van der Waals surface area (Å²) in [6, 6.07) is 0. The first-order valence-electron chi connectivity index (χ1n) is 10.9. The molecule has 4 aliphatic rings. The van der Waals surface area contributed by atoms with E-state index in [1.807, 2.05) is 19.4 Å². The Labute approximate surface area is 167 Å². The molecule has 6 atom stereocenters. The maximum atomic E-state index is 13.4. The first-order chi connectivity index (χ1) is 13.3. The summed E-state index contributed by atoms with van der Waals surface area (Å²) in [6.07, 6.45) is 15.2. The standard InChI is InChI=1S/C24H32N2O2/c1-23-8-6-18(27)12-17(23)4-5-19-20(23)7-9-24(2)21(19)11-16(22(24)28)10-15-13-25-26(3)14-15/h4,10,13-14,18-21,27H,5-9,11-12H2,1-3H3/b16-10+. The van der Waals surface area contributed by atoms with Gasteiger partial charge in [-0.2, -0.15) is 5.10 Å². The zero-order valence-corrected chi connectivity index (χ0v) is 17.3. The fourth-order valence-electron chi connectivity index (χ4n) is 7.16. The molecule has 1 aromatic heterocycles. The Morgan fingerprint density at radius 3 is 2.71 bits per heavy atom. The van der Waals surface area contributed by atoms with E-state index in [2.05, 4.69) is 31.1 Å². The van der Waals surface area contributed by atoms with Gasteiger partial charge in [-0.25, -0.2) is 0 Å². The van der Waals surface area contributed by atoms with Gasteiger partial charge in [-0.3, -0.25) is 9.48 Å². The van der Waals surface area contributed by atoms with E-state index in [4.69, 9.17) is 0 Å². The molecule has 1 N–H and O–H groups in total. The molecule has 150 valence electrons. The van der Waals surface area contributed by atoms with Gasteiger partial charge in [-0.1, -0.05) is 25.5 Å². The molecule has 0 saturated heterocycles. The molecule has 0 radical (unpaired) electrons. The Kier molecular flexibility index (Phi) is 4.04. The zero-order chi connectivity index (χ0) is 19.7. The van der Waals surface area contributed by atoms with Crippen LogP contribution in [0.15, 0.2) is 29.6 Å². The number of fused-ring (bicyclic) bond motifs is 5. The molecule has 0 spiro atoms. The van der Waals surface area contributed by atoms with Crippen molar-refractivity contribution in [2.75, 3.05) is 0 Å². The molecule has 4 nitrogen and oxygen atoms in total. The molecule has 6 unspecified atom stereocenters. The smallest absolute Gasteiger partial charge is 0.165 e. The predicted molar refractivity (Wildman–Crippen MR) is 109 cm³/mol. The van der Waals surface area contributed by atoms with Gasteiger partial charge in [0, 0.05) is 24.2 Å². The number of nitrogens with zero attached hydrogens (tertiary/aromatic N) is 2. The summed E-state index contributed by atoms with van der Waals surface area (Å²) in [5.74, 6) is 2.07. The highest BCUT2D eigenvalue weighted by Crippen LogP contribution is 2.64. The number of allylic oxidation sites excluding steroid dienone is 2. The number of carbonyl (C=O) groups is 1. The van der Waals surface area contributed by atoms with Crippen LogP contribution in [0, 0.1) is 28.6 Å². The topological polar surface area (TPSA) is 55.1 Å². The molecular formula is C24H32N2O2. The van der Waals surface area contributed by atoms with Gasteiger partial charge in [0.05, 0.1) is 12.3 Å². The van der Waals surface area contributed by atoms with Crippen LogP contribution < -0.4 is 0 Å². The summed E-state index contributed by atoms with van der Waals surface area (Å²) < 4.78 is 1.79. The molecule has 5 rings (SSSR count). The lowest BCUT2D eigenvalue weighted by molar-refractivity contribution is -0.130. The minimum atomic E-state index is -0.203. The number of rotatable bonds is 1. The number of ketones is 1. The van der Waals surface area contributed by atoms with Crippen LogP contribution >= 0.6 is 0 Å². The van der Waals surface area contributed by atoms with E-state index in [-0.39, 0.29) is 16.9 Å². The second kappa shape index (κ2) is 6.16. The molecule has 0 amide bonds. The molecule has 28 heavy (non-hydrogen) atoms. The fourth-order valence-corrected chi connectivity index (χ4v) is 7.16. The molecule has 0 aromatic carbocycles. The Hall–Kier alpha value is -1.68. The quantitative estimate of drug-likeness (QED) is 0.583. The van der Waals surface area contributed by atoms with Crippen LogP contribution in [-0.2, 0) is 11.8 Å². The third kappa shape index (κ3) is 2.53. The molecule has 3 fully saturated rings. The summed E-state index contributed by atoms with van der Waals surface area (Å²) >= 11 is 0.